The van der Waals surface area contributed by atoms with Crippen LogP contribution in [0.4, 0.5) is 13.6 Å². The molecule has 3 aromatic rings. The molecule has 1 aliphatic carbocycles. The lowest BCUT2D eigenvalue weighted by molar-refractivity contribution is -0.136. The number of hydrogen-bond donors (Lipinski definition) is 1. The van der Waals surface area contributed by atoms with Gasteiger partial charge in [0.15, 0.2) is 0 Å². The zero-order valence-corrected chi connectivity index (χ0v) is 23.7. The molecule has 41 heavy (non-hydrogen) atoms. The molecule has 6 rings (SSSR count). The molecule has 7 nitrogen and oxygen atoms in total. The van der Waals surface area contributed by atoms with Crippen LogP contribution in [0, 0.1) is 17.0 Å². The fraction of sp³-hybridized carbons (Fsp3) is 0.452. The van der Waals surface area contributed by atoms with Gasteiger partial charge in [0, 0.05) is 53.7 Å². The summed E-state index contributed by atoms with van der Waals surface area (Å²) in [6.45, 7) is 1.21. The number of nitrogens with zero attached hydrogens (tertiary/aromatic N) is 4. The van der Waals surface area contributed by atoms with Gasteiger partial charge in [0.1, 0.15) is 11.6 Å². The number of thioether (sulfide) groups is 1. The van der Waals surface area contributed by atoms with Gasteiger partial charge in [0.05, 0.1) is 30.2 Å². The summed E-state index contributed by atoms with van der Waals surface area (Å²) < 4.78 is 30.3. The van der Waals surface area contributed by atoms with Crippen LogP contribution in [0.2, 0.25) is 0 Å². The zero-order valence-electron chi connectivity index (χ0n) is 22.8. The van der Waals surface area contributed by atoms with Gasteiger partial charge >= 0.3 is 6.03 Å². The van der Waals surface area contributed by atoms with E-state index in [0.717, 1.165) is 49.1 Å². The third-order valence-corrected chi connectivity index (χ3v) is 10.2. The first kappa shape index (κ1) is 27.9. The quantitative estimate of drug-likeness (QED) is 0.465. The first-order valence-corrected chi connectivity index (χ1v) is 15.4. The van der Waals surface area contributed by atoms with E-state index in [4.69, 9.17) is 0 Å². The summed E-state index contributed by atoms with van der Waals surface area (Å²) in [6, 6.07) is 13.6. The maximum atomic E-state index is 14.7. The van der Waals surface area contributed by atoms with Crippen LogP contribution in [0.5, 0.6) is 0 Å². The van der Waals surface area contributed by atoms with Gasteiger partial charge in [-0.05, 0) is 37.5 Å². The summed E-state index contributed by atoms with van der Waals surface area (Å²) in [5.41, 5.74) is -0.361. The van der Waals surface area contributed by atoms with Gasteiger partial charge in [0.2, 0.25) is 0 Å². The summed E-state index contributed by atoms with van der Waals surface area (Å²) >= 11 is 1.62. The topological polar surface area (TPSA) is 78.7 Å². The van der Waals surface area contributed by atoms with Crippen molar-refractivity contribution in [1.82, 2.24) is 19.4 Å². The Morgan fingerprint density at radius 2 is 1.83 bits per heavy atom. The van der Waals surface area contributed by atoms with E-state index in [0.29, 0.717) is 37.5 Å². The maximum absolute atomic E-state index is 14.7. The molecular weight excluding hydrogens is 546 g/mol. The Balaban J connectivity index is 1.23. The Morgan fingerprint density at radius 1 is 1.05 bits per heavy atom. The van der Waals surface area contributed by atoms with Crippen LogP contribution in [-0.2, 0) is 6.54 Å². The highest BCUT2D eigenvalue weighted by molar-refractivity contribution is 7.99. The number of likely N-dealkylation sites (tertiary alicyclic amines) is 1. The minimum Gasteiger partial charge on any atom is -0.387 e. The van der Waals surface area contributed by atoms with E-state index in [1.165, 1.54) is 23.0 Å². The number of carbonyl (C=O) groups is 1. The fourth-order valence-corrected chi connectivity index (χ4v) is 7.97. The smallest absolute Gasteiger partial charge is 0.320 e. The summed E-state index contributed by atoms with van der Waals surface area (Å²) in [6.07, 6.45) is 5.17. The molecule has 1 spiro atoms. The van der Waals surface area contributed by atoms with Crippen molar-refractivity contribution in [1.29, 1.82) is 0 Å². The molecule has 3 heterocycles. The van der Waals surface area contributed by atoms with E-state index in [2.05, 4.69) is 4.98 Å². The van der Waals surface area contributed by atoms with Crippen LogP contribution in [-0.4, -0.2) is 67.2 Å². The summed E-state index contributed by atoms with van der Waals surface area (Å²) in [7, 11) is 0. The molecule has 1 N–H and O–H groups in total. The standard InChI is InChI=1S/C31H34F2N4O3S/c32-23-8-9-25(33)24(16-23)27-18-41-15-14-37(27)29(39)35-13-12-31(40,30(19-35)10-4-5-11-30)20-36-21-34-26(17-28(36)38)22-6-2-1-3-7-22/h1-3,6-9,16-17,21,27,40H,4-5,10-15,18-20H2. The van der Waals surface area contributed by atoms with Gasteiger partial charge in [-0.2, -0.15) is 11.8 Å². The minimum absolute atomic E-state index is 0.105. The van der Waals surface area contributed by atoms with Crippen molar-refractivity contribution < 1.29 is 18.7 Å². The second kappa shape index (κ2) is 11.2. The SMILES string of the molecule is O=C(N1CCC(O)(Cn2cnc(-c3ccccc3)cc2=O)C2(CCCC2)C1)N1CCSCC1c1cc(F)ccc1F. The van der Waals surface area contributed by atoms with Crippen molar-refractivity contribution in [2.24, 2.45) is 5.41 Å². The number of rotatable bonds is 4. The van der Waals surface area contributed by atoms with Crippen LogP contribution < -0.4 is 5.56 Å². The van der Waals surface area contributed by atoms with E-state index < -0.39 is 28.7 Å². The predicted octanol–water partition coefficient (Wildman–Crippen LogP) is 5.10. The largest absolute Gasteiger partial charge is 0.387 e. The number of aromatic nitrogens is 2. The first-order chi connectivity index (χ1) is 19.8. The molecule has 3 fully saturated rings. The second-order valence-corrected chi connectivity index (χ2v) is 12.7. The van der Waals surface area contributed by atoms with E-state index >= 15 is 0 Å². The van der Waals surface area contributed by atoms with Gasteiger partial charge < -0.3 is 14.9 Å². The van der Waals surface area contributed by atoms with Crippen molar-refractivity contribution in [2.75, 3.05) is 31.1 Å². The van der Waals surface area contributed by atoms with Crippen LogP contribution in [0.1, 0.15) is 43.7 Å². The maximum Gasteiger partial charge on any atom is 0.320 e. The van der Waals surface area contributed by atoms with Crippen LogP contribution in [0.25, 0.3) is 11.3 Å². The molecule has 1 aromatic heterocycles. The van der Waals surface area contributed by atoms with E-state index in [9.17, 15) is 23.5 Å². The molecule has 2 amide bonds. The number of amides is 2. The van der Waals surface area contributed by atoms with Crippen molar-refractivity contribution in [2.45, 2.75) is 50.3 Å². The lowest BCUT2D eigenvalue weighted by atomic mass is 9.66. The molecule has 2 unspecified atom stereocenters. The molecule has 10 heteroatoms. The summed E-state index contributed by atoms with van der Waals surface area (Å²) in [5, 5.41) is 12.2. The number of hydrogen-bond acceptors (Lipinski definition) is 5. The van der Waals surface area contributed by atoms with E-state index in [1.54, 1.807) is 21.6 Å². The Labute approximate surface area is 242 Å². The number of carbonyl (C=O) groups excluding carboxylic acids is 1. The van der Waals surface area contributed by atoms with Gasteiger partial charge in [-0.3, -0.25) is 9.36 Å². The van der Waals surface area contributed by atoms with Gasteiger partial charge in [-0.25, -0.2) is 18.6 Å². The molecule has 3 aliphatic rings. The van der Waals surface area contributed by atoms with Crippen molar-refractivity contribution in [3.05, 3.63) is 88.5 Å². The van der Waals surface area contributed by atoms with Crippen LogP contribution in [0.15, 0.2) is 65.7 Å². The second-order valence-electron chi connectivity index (χ2n) is 11.5. The minimum atomic E-state index is -1.19. The molecule has 0 radical (unpaired) electrons. The predicted molar refractivity (Wildman–Crippen MR) is 154 cm³/mol. The normalized spacial score (nSPS) is 24.1. The van der Waals surface area contributed by atoms with Crippen molar-refractivity contribution in [3.8, 4) is 11.3 Å². The Bertz CT molecular complexity index is 1480. The van der Waals surface area contributed by atoms with Gasteiger partial charge in [0.25, 0.3) is 5.56 Å². The lowest BCUT2D eigenvalue weighted by Crippen LogP contribution is -2.63. The summed E-state index contributed by atoms with van der Waals surface area (Å²) in [5.74, 6) is 0.161. The highest BCUT2D eigenvalue weighted by Crippen LogP contribution is 2.52. The molecule has 0 bridgehead atoms. The zero-order chi connectivity index (χ0) is 28.6. The third-order valence-electron chi connectivity index (χ3n) is 9.18. The van der Waals surface area contributed by atoms with Crippen LogP contribution >= 0.6 is 11.8 Å². The van der Waals surface area contributed by atoms with E-state index in [-0.39, 0.29) is 23.7 Å². The molecule has 2 aliphatic heterocycles. The number of benzene rings is 2. The molecule has 2 saturated heterocycles. The average molecular weight is 581 g/mol. The highest BCUT2D eigenvalue weighted by atomic mass is 32.2. The number of aliphatic hydroxyl groups is 1. The van der Waals surface area contributed by atoms with E-state index in [1.807, 2.05) is 30.3 Å². The average Bonchev–Trinajstić information content (AvgIpc) is 3.47. The molecular formula is C31H34F2N4O3S. The Kier molecular flexibility index (Phi) is 7.63. The molecule has 216 valence electrons. The summed E-state index contributed by atoms with van der Waals surface area (Å²) in [4.78, 5) is 35.0. The monoisotopic (exact) mass is 580 g/mol. The fourth-order valence-electron chi connectivity index (χ4n) is 6.90. The van der Waals surface area contributed by atoms with Crippen molar-refractivity contribution >= 4 is 17.8 Å². The Hall–Kier alpha value is -3.24. The number of urea groups is 1. The van der Waals surface area contributed by atoms with Gasteiger partial charge in [-0.15, -0.1) is 0 Å². The Morgan fingerprint density at radius 3 is 2.59 bits per heavy atom. The lowest BCUT2D eigenvalue weighted by Gasteiger charge is -2.53. The van der Waals surface area contributed by atoms with Crippen LogP contribution in [0.3, 0.4) is 0 Å². The highest BCUT2D eigenvalue weighted by Gasteiger charge is 2.56. The first-order valence-electron chi connectivity index (χ1n) is 14.2. The molecule has 2 aromatic carbocycles. The third kappa shape index (κ3) is 5.28. The number of halogens is 2. The number of piperidine rings is 1. The molecule has 1 saturated carbocycles. The van der Waals surface area contributed by atoms with Gasteiger partial charge in [-0.1, -0.05) is 43.2 Å². The van der Waals surface area contributed by atoms with Crippen molar-refractivity contribution in [3.63, 3.8) is 0 Å². The molecule has 2 atom stereocenters.